The van der Waals surface area contributed by atoms with E-state index < -0.39 is 5.79 Å². The van der Waals surface area contributed by atoms with Gasteiger partial charge in [-0.15, -0.1) is 0 Å². The highest BCUT2D eigenvalue weighted by Gasteiger charge is 2.38. The summed E-state index contributed by atoms with van der Waals surface area (Å²) in [6, 6.07) is 0. The first-order valence-electron chi connectivity index (χ1n) is 12.0. The molecule has 1 heterocycles. The van der Waals surface area contributed by atoms with Gasteiger partial charge in [0.15, 0.2) is 5.79 Å². The van der Waals surface area contributed by atoms with Crippen LogP contribution < -0.4 is 0 Å². The fourth-order valence-corrected chi connectivity index (χ4v) is 3.65. The van der Waals surface area contributed by atoms with Gasteiger partial charge in [-0.2, -0.15) is 0 Å². The lowest BCUT2D eigenvalue weighted by Crippen LogP contribution is -2.30. The van der Waals surface area contributed by atoms with Crippen molar-refractivity contribution < 1.29 is 28.5 Å². The third-order valence-corrected chi connectivity index (χ3v) is 5.94. The highest BCUT2D eigenvalue weighted by Crippen LogP contribution is 2.29. The average molecular weight is 429 g/mol. The van der Waals surface area contributed by atoms with Gasteiger partial charge in [0.25, 0.3) is 0 Å². The van der Waals surface area contributed by atoms with E-state index in [0.717, 1.165) is 44.9 Å². The summed E-state index contributed by atoms with van der Waals surface area (Å²) in [7, 11) is 0. The number of ether oxygens (including phenoxy) is 4. The number of hydrogen-bond donors (Lipinski definition) is 0. The predicted molar refractivity (Wildman–Crippen MR) is 117 cm³/mol. The van der Waals surface area contributed by atoms with Crippen LogP contribution in [-0.2, 0) is 28.5 Å². The van der Waals surface area contributed by atoms with Gasteiger partial charge in [-0.1, -0.05) is 59.8 Å². The Morgan fingerprint density at radius 1 is 1.03 bits per heavy atom. The molecule has 0 aromatic carbocycles. The lowest BCUT2D eigenvalue weighted by atomic mass is 10.00. The second kappa shape index (κ2) is 14.8. The second-order valence-corrected chi connectivity index (χ2v) is 8.66. The van der Waals surface area contributed by atoms with Crippen molar-refractivity contribution in [2.45, 2.75) is 111 Å². The maximum atomic E-state index is 12.3. The van der Waals surface area contributed by atoms with Gasteiger partial charge >= 0.3 is 11.9 Å². The minimum Gasteiger partial charge on any atom is -0.465 e. The number of carbonyl (C=O) groups is 2. The van der Waals surface area contributed by atoms with Crippen LogP contribution >= 0.6 is 0 Å². The van der Waals surface area contributed by atoms with Gasteiger partial charge in [-0.05, 0) is 32.1 Å². The third-order valence-electron chi connectivity index (χ3n) is 5.94. The molecule has 1 rings (SSSR count). The molecule has 4 unspecified atom stereocenters. The van der Waals surface area contributed by atoms with E-state index in [0.29, 0.717) is 25.6 Å². The Labute approximate surface area is 183 Å². The van der Waals surface area contributed by atoms with Crippen molar-refractivity contribution >= 4 is 11.9 Å². The van der Waals surface area contributed by atoms with Crippen LogP contribution in [0.2, 0.25) is 0 Å². The van der Waals surface area contributed by atoms with Crippen LogP contribution in [0.25, 0.3) is 0 Å². The monoisotopic (exact) mass is 428 g/mol. The quantitative estimate of drug-likeness (QED) is 0.306. The van der Waals surface area contributed by atoms with Crippen LogP contribution in [-0.4, -0.2) is 43.7 Å². The maximum Gasteiger partial charge on any atom is 0.309 e. The standard InChI is InChI=1S/C24H44O6/c1-6-10-12-19(8-3)16-27-22(25)14-15-24(5)29-18-21(30-24)17-28-23(26)20(9-4)13-11-7-2/h19-21H,6-18H2,1-5H3. The van der Waals surface area contributed by atoms with E-state index in [9.17, 15) is 9.59 Å². The Kier molecular flexibility index (Phi) is 13.3. The van der Waals surface area contributed by atoms with Gasteiger partial charge in [0.05, 0.1) is 25.6 Å². The number of esters is 2. The molecule has 30 heavy (non-hydrogen) atoms. The fourth-order valence-electron chi connectivity index (χ4n) is 3.65. The molecule has 0 radical (unpaired) electrons. The van der Waals surface area contributed by atoms with Gasteiger partial charge in [-0.3, -0.25) is 9.59 Å². The summed E-state index contributed by atoms with van der Waals surface area (Å²) in [5.41, 5.74) is 0. The smallest absolute Gasteiger partial charge is 0.309 e. The summed E-state index contributed by atoms with van der Waals surface area (Å²) in [6.45, 7) is 11.3. The molecule has 6 heteroatoms. The minimum atomic E-state index is -0.838. The molecular formula is C24H44O6. The third kappa shape index (κ3) is 10.3. The van der Waals surface area contributed by atoms with E-state index in [4.69, 9.17) is 18.9 Å². The van der Waals surface area contributed by atoms with Gasteiger partial charge in [-0.25, -0.2) is 0 Å². The summed E-state index contributed by atoms with van der Waals surface area (Å²) in [5.74, 6) is -0.811. The molecular weight excluding hydrogens is 384 g/mol. The molecule has 0 aliphatic carbocycles. The number of unbranched alkanes of at least 4 members (excludes halogenated alkanes) is 2. The van der Waals surface area contributed by atoms with E-state index in [2.05, 4.69) is 20.8 Å². The van der Waals surface area contributed by atoms with Crippen LogP contribution in [0, 0.1) is 11.8 Å². The molecule has 0 bridgehead atoms. The van der Waals surface area contributed by atoms with Gasteiger partial charge in [0.2, 0.25) is 0 Å². The normalized spacial score (nSPS) is 23.2. The highest BCUT2D eigenvalue weighted by atomic mass is 16.7. The Morgan fingerprint density at radius 3 is 2.37 bits per heavy atom. The topological polar surface area (TPSA) is 71.1 Å². The molecule has 0 N–H and O–H groups in total. The molecule has 176 valence electrons. The van der Waals surface area contributed by atoms with E-state index in [-0.39, 0.29) is 37.0 Å². The van der Waals surface area contributed by atoms with E-state index in [1.165, 1.54) is 6.42 Å². The molecule has 0 spiro atoms. The zero-order chi connectivity index (χ0) is 22.4. The van der Waals surface area contributed by atoms with Gasteiger partial charge < -0.3 is 18.9 Å². The van der Waals surface area contributed by atoms with Crippen LogP contribution in [0.4, 0.5) is 0 Å². The zero-order valence-corrected chi connectivity index (χ0v) is 19.9. The van der Waals surface area contributed by atoms with Crippen LogP contribution in [0.5, 0.6) is 0 Å². The van der Waals surface area contributed by atoms with E-state index in [1.807, 2.05) is 13.8 Å². The number of rotatable bonds is 16. The first-order chi connectivity index (χ1) is 14.4. The molecule has 0 aromatic heterocycles. The SMILES string of the molecule is CCCCC(CC)COC(=O)CCC1(C)OCC(COC(=O)C(CC)CCCC)O1. The predicted octanol–water partition coefficient (Wildman–Crippen LogP) is 5.42. The second-order valence-electron chi connectivity index (χ2n) is 8.66. The number of carbonyl (C=O) groups excluding carboxylic acids is 2. The Bertz CT molecular complexity index is 494. The van der Waals surface area contributed by atoms with Gasteiger partial charge in [0, 0.05) is 6.42 Å². The molecule has 1 aliphatic rings. The van der Waals surface area contributed by atoms with Crippen LogP contribution in [0.15, 0.2) is 0 Å². The first kappa shape index (κ1) is 26.9. The van der Waals surface area contributed by atoms with E-state index in [1.54, 1.807) is 0 Å². The molecule has 0 amide bonds. The average Bonchev–Trinajstić information content (AvgIpc) is 3.13. The summed E-state index contributed by atoms with van der Waals surface area (Å²) in [4.78, 5) is 24.4. The van der Waals surface area contributed by atoms with Crippen molar-refractivity contribution in [3.05, 3.63) is 0 Å². The molecule has 0 saturated carbocycles. The molecule has 1 aliphatic heterocycles. The Hall–Kier alpha value is -1.14. The van der Waals surface area contributed by atoms with Crippen molar-refractivity contribution in [3.8, 4) is 0 Å². The molecule has 6 nitrogen and oxygen atoms in total. The minimum absolute atomic E-state index is 0.0438. The van der Waals surface area contributed by atoms with Crippen LogP contribution in [0.1, 0.15) is 98.8 Å². The molecule has 0 aromatic rings. The van der Waals surface area contributed by atoms with Crippen molar-refractivity contribution in [2.24, 2.45) is 11.8 Å². The molecule has 1 saturated heterocycles. The van der Waals surface area contributed by atoms with E-state index >= 15 is 0 Å². The fraction of sp³-hybridized carbons (Fsp3) is 0.917. The lowest BCUT2D eigenvalue weighted by molar-refractivity contribution is -0.175. The maximum absolute atomic E-state index is 12.3. The van der Waals surface area contributed by atoms with Crippen molar-refractivity contribution in [3.63, 3.8) is 0 Å². The van der Waals surface area contributed by atoms with Crippen molar-refractivity contribution in [1.29, 1.82) is 0 Å². The van der Waals surface area contributed by atoms with Crippen molar-refractivity contribution in [1.82, 2.24) is 0 Å². The molecule has 4 atom stereocenters. The van der Waals surface area contributed by atoms with Gasteiger partial charge in [0.1, 0.15) is 12.7 Å². The van der Waals surface area contributed by atoms with Crippen LogP contribution in [0.3, 0.4) is 0 Å². The summed E-state index contributed by atoms with van der Waals surface area (Å²) in [6.07, 6.45) is 8.59. The Balaban J connectivity index is 2.30. The summed E-state index contributed by atoms with van der Waals surface area (Å²) >= 11 is 0. The van der Waals surface area contributed by atoms with Crippen molar-refractivity contribution in [2.75, 3.05) is 19.8 Å². The lowest BCUT2D eigenvalue weighted by Gasteiger charge is -2.23. The summed E-state index contributed by atoms with van der Waals surface area (Å²) < 4.78 is 22.6. The largest absolute Gasteiger partial charge is 0.465 e. The highest BCUT2D eigenvalue weighted by molar-refractivity contribution is 5.72. The Morgan fingerprint density at radius 2 is 1.73 bits per heavy atom. The molecule has 1 fully saturated rings. The first-order valence-corrected chi connectivity index (χ1v) is 12.0. The zero-order valence-electron chi connectivity index (χ0n) is 19.9. The summed E-state index contributed by atoms with van der Waals surface area (Å²) in [5, 5.41) is 0. The number of hydrogen-bond acceptors (Lipinski definition) is 6.